The minimum Gasteiger partial charge on any atom is -0.346 e. The average Bonchev–Trinajstić information content (AvgIpc) is 2.60. The third-order valence-electron chi connectivity index (χ3n) is 2.61. The molecular weight excluding hydrogens is 172 g/mol. The van der Waals surface area contributed by atoms with Gasteiger partial charge in [0.25, 0.3) is 0 Å². The molecule has 0 aliphatic rings. The van der Waals surface area contributed by atoms with Crippen molar-refractivity contribution in [3.8, 4) is 0 Å². The Morgan fingerprint density at radius 3 is 2.79 bits per heavy atom. The van der Waals surface area contributed by atoms with Crippen LogP contribution in [-0.4, -0.2) is 9.97 Å². The summed E-state index contributed by atoms with van der Waals surface area (Å²) in [6.45, 7) is 6.40. The van der Waals surface area contributed by atoms with E-state index >= 15 is 0 Å². The smallest absolute Gasteiger partial charge is 0.137 e. The maximum Gasteiger partial charge on any atom is 0.137 e. The van der Waals surface area contributed by atoms with Crippen molar-refractivity contribution in [3.63, 3.8) is 0 Å². The first-order valence-corrected chi connectivity index (χ1v) is 4.76. The number of nitrogens with one attached hydrogen (secondary N) is 1. The Hall–Kier alpha value is -1.57. The van der Waals surface area contributed by atoms with Gasteiger partial charge in [0, 0.05) is 23.3 Å². The molecule has 0 unspecified atom stereocenters. The van der Waals surface area contributed by atoms with E-state index in [1.54, 1.807) is 6.20 Å². The van der Waals surface area contributed by atoms with Crippen LogP contribution >= 0.6 is 0 Å². The first-order valence-electron chi connectivity index (χ1n) is 4.76. The number of allylic oxidation sites excluding steroid dienone is 2. The zero-order valence-electron chi connectivity index (χ0n) is 8.76. The van der Waals surface area contributed by atoms with Crippen LogP contribution in [0.25, 0.3) is 16.6 Å². The summed E-state index contributed by atoms with van der Waals surface area (Å²) in [6.07, 6.45) is 3.83. The van der Waals surface area contributed by atoms with Crippen LogP contribution in [0.15, 0.2) is 30.1 Å². The highest BCUT2D eigenvalue weighted by Gasteiger charge is 2.05. The van der Waals surface area contributed by atoms with Crippen molar-refractivity contribution >= 4 is 16.6 Å². The number of aromatic amines is 1. The largest absolute Gasteiger partial charge is 0.346 e. The monoisotopic (exact) mass is 186 g/mol. The number of hydrogen-bond donors (Lipinski definition) is 1. The summed E-state index contributed by atoms with van der Waals surface area (Å²) in [7, 11) is 0. The summed E-state index contributed by atoms with van der Waals surface area (Å²) in [5.74, 6) is 0. The molecule has 72 valence electrons. The molecule has 2 rings (SSSR count). The molecule has 2 aromatic heterocycles. The summed E-state index contributed by atoms with van der Waals surface area (Å²) in [4.78, 5) is 7.44. The predicted octanol–water partition coefficient (Wildman–Crippen LogP) is 3.38. The number of aromatic nitrogens is 2. The van der Waals surface area contributed by atoms with E-state index in [0.29, 0.717) is 0 Å². The van der Waals surface area contributed by atoms with Crippen molar-refractivity contribution in [1.29, 1.82) is 0 Å². The van der Waals surface area contributed by atoms with Crippen molar-refractivity contribution < 1.29 is 0 Å². The number of H-pyrrole nitrogens is 1. The number of rotatable bonds is 1. The second-order valence-electron chi connectivity index (χ2n) is 3.73. The Kier molecular flexibility index (Phi) is 2.12. The van der Waals surface area contributed by atoms with E-state index in [4.69, 9.17) is 0 Å². The third kappa shape index (κ3) is 1.33. The van der Waals surface area contributed by atoms with Crippen molar-refractivity contribution in [2.75, 3.05) is 0 Å². The summed E-state index contributed by atoms with van der Waals surface area (Å²) in [5, 5.41) is 1.20. The van der Waals surface area contributed by atoms with Gasteiger partial charge in [-0.05, 0) is 38.5 Å². The van der Waals surface area contributed by atoms with Crippen molar-refractivity contribution in [1.82, 2.24) is 9.97 Å². The van der Waals surface area contributed by atoms with Crippen LogP contribution in [0.4, 0.5) is 0 Å². The fraction of sp³-hybridized carbons (Fsp3) is 0.250. The van der Waals surface area contributed by atoms with E-state index in [9.17, 15) is 0 Å². The van der Waals surface area contributed by atoms with Gasteiger partial charge in [0.15, 0.2) is 0 Å². The molecule has 0 fully saturated rings. The first kappa shape index (κ1) is 9.00. The van der Waals surface area contributed by atoms with Crippen LogP contribution in [0, 0.1) is 0 Å². The van der Waals surface area contributed by atoms with Crippen LogP contribution < -0.4 is 0 Å². The fourth-order valence-electron chi connectivity index (χ4n) is 1.54. The minimum absolute atomic E-state index is 0.961. The van der Waals surface area contributed by atoms with Gasteiger partial charge >= 0.3 is 0 Å². The zero-order valence-corrected chi connectivity index (χ0v) is 8.76. The third-order valence-corrected chi connectivity index (χ3v) is 2.61. The van der Waals surface area contributed by atoms with E-state index in [-0.39, 0.29) is 0 Å². The maximum absolute atomic E-state index is 4.27. The van der Waals surface area contributed by atoms with Crippen LogP contribution in [0.3, 0.4) is 0 Å². The molecule has 0 aromatic carbocycles. The average molecular weight is 186 g/mol. The number of nitrogens with zero attached hydrogens (tertiary/aromatic N) is 1. The minimum atomic E-state index is 0.961. The van der Waals surface area contributed by atoms with Crippen molar-refractivity contribution in [2.45, 2.75) is 20.8 Å². The molecule has 2 nitrogen and oxygen atoms in total. The molecule has 0 spiro atoms. The van der Waals surface area contributed by atoms with Gasteiger partial charge in [-0.15, -0.1) is 0 Å². The van der Waals surface area contributed by atoms with Gasteiger partial charge in [0.1, 0.15) is 5.65 Å². The van der Waals surface area contributed by atoms with Gasteiger partial charge in [-0.3, -0.25) is 0 Å². The van der Waals surface area contributed by atoms with Crippen molar-refractivity contribution in [3.05, 3.63) is 35.7 Å². The molecule has 2 heterocycles. The van der Waals surface area contributed by atoms with Gasteiger partial charge in [0.2, 0.25) is 0 Å². The molecule has 0 saturated heterocycles. The van der Waals surface area contributed by atoms with E-state index < -0.39 is 0 Å². The Bertz CT molecular complexity index is 488. The highest BCUT2D eigenvalue weighted by Crippen LogP contribution is 2.25. The molecule has 0 amide bonds. The molecule has 0 radical (unpaired) electrons. The highest BCUT2D eigenvalue weighted by molar-refractivity contribution is 5.90. The lowest BCUT2D eigenvalue weighted by molar-refractivity contribution is 1.32. The van der Waals surface area contributed by atoms with E-state index in [1.165, 1.54) is 22.1 Å². The molecule has 1 N–H and O–H groups in total. The molecule has 0 aliphatic heterocycles. The Labute approximate surface area is 83.7 Å². The summed E-state index contributed by atoms with van der Waals surface area (Å²) >= 11 is 0. The van der Waals surface area contributed by atoms with Crippen molar-refractivity contribution in [2.24, 2.45) is 0 Å². The predicted molar refractivity (Wildman–Crippen MR) is 60.0 cm³/mol. The van der Waals surface area contributed by atoms with Gasteiger partial charge < -0.3 is 4.98 Å². The number of fused-ring (bicyclic) bond motifs is 1. The first-order chi connectivity index (χ1) is 6.70. The summed E-state index contributed by atoms with van der Waals surface area (Å²) in [6, 6.07) is 4.07. The highest BCUT2D eigenvalue weighted by atomic mass is 14.8. The van der Waals surface area contributed by atoms with Gasteiger partial charge in [-0.25, -0.2) is 4.98 Å². The lowest BCUT2D eigenvalue weighted by Gasteiger charge is -2.01. The number of pyridine rings is 1. The lowest BCUT2D eigenvalue weighted by Crippen LogP contribution is -1.80. The van der Waals surface area contributed by atoms with Gasteiger partial charge in [-0.1, -0.05) is 5.57 Å². The molecule has 0 atom stereocenters. The quantitative estimate of drug-likeness (QED) is 0.726. The van der Waals surface area contributed by atoms with Gasteiger partial charge in [0.05, 0.1) is 0 Å². The molecule has 0 aliphatic carbocycles. The summed E-state index contributed by atoms with van der Waals surface area (Å²) in [5.41, 5.74) is 4.88. The molecule has 0 bridgehead atoms. The van der Waals surface area contributed by atoms with E-state index in [0.717, 1.165) is 5.65 Å². The second kappa shape index (κ2) is 3.29. The molecule has 2 aromatic rings. The Morgan fingerprint density at radius 2 is 2.07 bits per heavy atom. The Morgan fingerprint density at radius 1 is 1.29 bits per heavy atom. The molecular formula is C12H14N2. The van der Waals surface area contributed by atoms with E-state index in [2.05, 4.69) is 36.8 Å². The standard InChI is InChI=1S/C12H14N2/c1-8(2)9(3)11-7-14-12-10(11)5-4-6-13-12/h4-7H,1-3H3,(H,13,14). The Balaban J connectivity index is 2.71. The molecule has 0 saturated carbocycles. The van der Waals surface area contributed by atoms with Crippen LogP contribution in [0.5, 0.6) is 0 Å². The SMILES string of the molecule is CC(C)=C(C)c1c[nH]c2ncccc12. The topological polar surface area (TPSA) is 28.7 Å². The van der Waals surface area contributed by atoms with Gasteiger partial charge in [-0.2, -0.15) is 0 Å². The summed E-state index contributed by atoms with van der Waals surface area (Å²) < 4.78 is 0. The van der Waals surface area contributed by atoms with E-state index in [1.807, 2.05) is 12.3 Å². The van der Waals surface area contributed by atoms with Crippen LogP contribution in [-0.2, 0) is 0 Å². The molecule has 14 heavy (non-hydrogen) atoms. The zero-order chi connectivity index (χ0) is 10.1. The van der Waals surface area contributed by atoms with Crippen LogP contribution in [0.2, 0.25) is 0 Å². The fourth-order valence-corrected chi connectivity index (χ4v) is 1.54. The lowest BCUT2D eigenvalue weighted by atomic mass is 10.0. The normalized spacial score (nSPS) is 10.5. The molecule has 2 heteroatoms. The number of hydrogen-bond acceptors (Lipinski definition) is 1. The maximum atomic E-state index is 4.27. The second-order valence-corrected chi connectivity index (χ2v) is 3.73. The van der Waals surface area contributed by atoms with Crippen LogP contribution in [0.1, 0.15) is 26.3 Å².